The summed E-state index contributed by atoms with van der Waals surface area (Å²) in [6.45, 7) is 6.50. The molecule has 100 valence electrons. The smallest absolute Gasteiger partial charge is 0.242 e. The third-order valence-corrected chi connectivity index (χ3v) is 2.77. The molecule has 0 aromatic carbocycles. The van der Waals surface area contributed by atoms with Crippen LogP contribution in [0.5, 0.6) is 0 Å². The maximum atomic E-state index is 11.8. The molecule has 0 saturated carbocycles. The Labute approximate surface area is 115 Å². The van der Waals surface area contributed by atoms with E-state index in [0.717, 1.165) is 0 Å². The number of aromatic nitrogens is 2. The van der Waals surface area contributed by atoms with E-state index in [2.05, 4.69) is 36.5 Å². The van der Waals surface area contributed by atoms with E-state index in [-0.39, 0.29) is 11.9 Å². The lowest BCUT2D eigenvalue weighted by Gasteiger charge is -2.16. The first-order valence-electron chi connectivity index (χ1n) is 5.72. The number of nitrogens with two attached hydrogens (primary N) is 1. The maximum absolute atomic E-state index is 11.8. The van der Waals surface area contributed by atoms with Gasteiger partial charge in [0.1, 0.15) is 11.9 Å². The summed E-state index contributed by atoms with van der Waals surface area (Å²) in [4.78, 5) is 19.6. The Morgan fingerprint density at radius 2 is 2.17 bits per heavy atom. The summed E-state index contributed by atoms with van der Waals surface area (Å²) in [5.74, 6) is 1.01. The number of anilines is 2. The van der Waals surface area contributed by atoms with Gasteiger partial charge in [-0.25, -0.2) is 4.98 Å². The van der Waals surface area contributed by atoms with Gasteiger partial charge in [-0.05, 0) is 28.8 Å². The summed E-state index contributed by atoms with van der Waals surface area (Å²) in [5.41, 5.74) is 5.49. The molecule has 1 aromatic heterocycles. The van der Waals surface area contributed by atoms with Gasteiger partial charge in [0.25, 0.3) is 0 Å². The van der Waals surface area contributed by atoms with Gasteiger partial charge in [0.05, 0.1) is 4.47 Å². The molecular formula is C11H18BrN5O. The Kier molecular flexibility index (Phi) is 5.33. The van der Waals surface area contributed by atoms with Crippen LogP contribution in [-0.4, -0.2) is 28.5 Å². The monoisotopic (exact) mass is 315 g/mol. The molecule has 1 aromatic rings. The van der Waals surface area contributed by atoms with Crippen molar-refractivity contribution in [1.29, 1.82) is 0 Å². The van der Waals surface area contributed by atoms with E-state index in [1.165, 1.54) is 0 Å². The highest BCUT2D eigenvalue weighted by molar-refractivity contribution is 9.10. The zero-order chi connectivity index (χ0) is 13.7. The van der Waals surface area contributed by atoms with Crippen LogP contribution in [0.25, 0.3) is 0 Å². The SMILES string of the molecule is CC(C)CNC(=O)C(C)Nc1nc(N)ncc1Br. The van der Waals surface area contributed by atoms with Gasteiger partial charge in [-0.1, -0.05) is 13.8 Å². The third kappa shape index (κ3) is 4.48. The number of amides is 1. The number of carbonyl (C=O) groups excluding carboxylic acids is 1. The van der Waals surface area contributed by atoms with Gasteiger partial charge >= 0.3 is 0 Å². The summed E-state index contributed by atoms with van der Waals surface area (Å²) in [7, 11) is 0. The molecule has 18 heavy (non-hydrogen) atoms. The molecule has 1 unspecified atom stereocenters. The fourth-order valence-corrected chi connectivity index (χ4v) is 1.52. The molecule has 0 saturated heterocycles. The molecular weight excluding hydrogens is 298 g/mol. The Morgan fingerprint density at radius 1 is 1.50 bits per heavy atom. The van der Waals surface area contributed by atoms with Gasteiger partial charge in [-0.3, -0.25) is 4.79 Å². The largest absolute Gasteiger partial charge is 0.368 e. The quantitative estimate of drug-likeness (QED) is 0.763. The van der Waals surface area contributed by atoms with E-state index in [1.807, 2.05) is 13.8 Å². The Hall–Kier alpha value is -1.37. The fraction of sp³-hybridized carbons (Fsp3) is 0.545. The molecule has 4 N–H and O–H groups in total. The van der Waals surface area contributed by atoms with Crippen LogP contribution in [0.15, 0.2) is 10.7 Å². The summed E-state index contributed by atoms with van der Waals surface area (Å²) in [5, 5.41) is 5.83. The molecule has 0 bridgehead atoms. The number of carbonyl (C=O) groups is 1. The molecule has 1 rings (SSSR count). The van der Waals surface area contributed by atoms with Crippen LogP contribution in [0.4, 0.5) is 11.8 Å². The maximum Gasteiger partial charge on any atom is 0.242 e. The van der Waals surface area contributed by atoms with Crippen LogP contribution in [-0.2, 0) is 4.79 Å². The molecule has 6 nitrogen and oxygen atoms in total. The minimum Gasteiger partial charge on any atom is -0.368 e. The normalized spacial score (nSPS) is 12.3. The van der Waals surface area contributed by atoms with Crippen molar-refractivity contribution < 1.29 is 4.79 Å². The number of rotatable bonds is 5. The zero-order valence-electron chi connectivity index (χ0n) is 10.7. The van der Waals surface area contributed by atoms with Crippen LogP contribution in [0, 0.1) is 5.92 Å². The first-order valence-corrected chi connectivity index (χ1v) is 6.51. The topological polar surface area (TPSA) is 92.9 Å². The van der Waals surface area contributed by atoms with Gasteiger partial charge in [-0.2, -0.15) is 4.98 Å². The molecule has 0 aliphatic heterocycles. The van der Waals surface area contributed by atoms with Crippen molar-refractivity contribution in [2.24, 2.45) is 5.92 Å². The lowest BCUT2D eigenvalue weighted by molar-refractivity contribution is -0.121. The number of hydrogen-bond donors (Lipinski definition) is 3. The molecule has 1 heterocycles. The van der Waals surface area contributed by atoms with Crippen molar-refractivity contribution in [2.75, 3.05) is 17.6 Å². The standard InChI is InChI=1S/C11H18BrN5O/c1-6(2)4-14-10(18)7(3)16-9-8(12)5-15-11(13)17-9/h5-7H,4H2,1-3H3,(H,14,18)(H3,13,15,16,17). The van der Waals surface area contributed by atoms with Gasteiger partial charge in [-0.15, -0.1) is 0 Å². The number of nitrogens with zero attached hydrogens (tertiary/aromatic N) is 2. The highest BCUT2D eigenvalue weighted by atomic mass is 79.9. The molecule has 0 spiro atoms. The number of nitrogens with one attached hydrogen (secondary N) is 2. The van der Waals surface area contributed by atoms with E-state index >= 15 is 0 Å². The summed E-state index contributed by atoms with van der Waals surface area (Å²) >= 11 is 3.30. The predicted octanol–water partition coefficient (Wildman–Crippen LogP) is 1.39. The van der Waals surface area contributed by atoms with E-state index in [0.29, 0.717) is 22.8 Å². The number of nitrogen functional groups attached to an aromatic ring is 1. The van der Waals surface area contributed by atoms with Crippen LogP contribution in [0.2, 0.25) is 0 Å². The van der Waals surface area contributed by atoms with E-state index in [1.54, 1.807) is 13.1 Å². The van der Waals surface area contributed by atoms with Crippen LogP contribution >= 0.6 is 15.9 Å². The summed E-state index contributed by atoms with van der Waals surface area (Å²) in [6.07, 6.45) is 1.55. The highest BCUT2D eigenvalue weighted by Gasteiger charge is 2.14. The molecule has 0 aliphatic carbocycles. The van der Waals surface area contributed by atoms with Crippen molar-refractivity contribution in [3.8, 4) is 0 Å². The second-order valence-corrected chi connectivity index (χ2v) is 5.28. The minimum absolute atomic E-state index is 0.0761. The van der Waals surface area contributed by atoms with Crippen LogP contribution < -0.4 is 16.4 Å². The van der Waals surface area contributed by atoms with Gasteiger partial charge < -0.3 is 16.4 Å². The van der Waals surface area contributed by atoms with Crippen LogP contribution in [0.3, 0.4) is 0 Å². The van der Waals surface area contributed by atoms with Crippen molar-refractivity contribution in [3.05, 3.63) is 10.7 Å². The average Bonchev–Trinajstić information content (AvgIpc) is 2.30. The minimum atomic E-state index is -0.394. The molecule has 0 aliphatic rings. The van der Waals surface area contributed by atoms with Gasteiger partial charge in [0.15, 0.2) is 0 Å². The molecule has 0 radical (unpaired) electrons. The number of halogens is 1. The molecule has 7 heteroatoms. The lowest BCUT2D eigenvalue weighted by Crippen LogP contribution is -2.39. The first-order chi connectivity index (χ1) is 8.40. The van der Waals surface area contributed by atoms with Crippen LogP contribution in [0.1, 0.15) is 20.8 Å². The van der Waals surface area contributed by atoms with Crippen molar-refractivity contribution >= 4 is 33.6 Å². The molecule has 0 fully saturated rings. The van der Waals surface area contributed by atoms with E-state index in [4.69, 9.17) is 5.73 Å². The Balaban J connectivity index is 2.60. The molecule has 1 amide bonds. The van der Waals surface area contributed by atoms with E-state index in [9.17, 15) is 4.79 Å². The highest BCUT2D eigenvalue weighted by Crippen LogP contribution is 2.19. The first kappa shape index (κ1) is 14.7. The fourth-order valence-electron chi connectivity index (χ4n) is 1.21. The third-order valence-electron chi connectivity index (χ3n) is 2.19. The van der Waals surface area contributed by atoms with Crippen molar-refractivity contribution in [2.45, 2.75) is 26.8 Å². The summed E-state index contributed by atoms with van der Waals surface area (Å²) in [6, 6.07) is -0.394. The predicted molar refractivity (Wildman–Crippen MR) is 75.1 cm³/mol. The Bertz CT molecular complexity index is 424. The zero-order valence-corrected chi connectivity index (χ0v) is 12.3. The van der Waals surface area contributed by atoms with Crippen molar-refractivity contribution in [3.63, 3.8) is 0 Å². The molecule has 1 atom stereocenters. The average molecular weight is 316 g/mol. The second kappa shape index (κ2) is 6.53. The van der Waals surface area contributed by atoms with Crippen molar-refractivity contribution in [1.82, 2.24) is 15.3 Å². The second-order valence-electron chi connectivity index (χ2n) is 4.43. The van der Waals surface area contributed by atoms with Gasteiger partial charge in [0.2, 0.25) is 11.9 Å². The van der Waals surface area contributed by atoms with E-state index < -0.39 is 6.04 Å². The Morgan fingerprint density at radius 3 is 2.78 bits per heavy atom. The summed E-state index contributed by atoms with van der Waals surface area (Å²) < 4.78 is 0.667. The lowest BCUT2D eigenvalue weighted by atomic mass is 10.2. The number of hydrogen-bond acceptors (Lipinski definition) is 5. The van der Waals surface area contributed by atoms with Gasteiger partial charge in [0, 0.05) is 12.7 Å².